The summed E-state index contributed by atoms with van der Waals surface area (Å²) < 4.78 is 19.6. The Balaban J connectivity index is 2.49. The second kappa shape index (κ2) is 4.78. The Labute approximate surface area is 101 Å². The van der Waals surface area contributed by atoms with Gasteiger partial charge in [-0.25, -0.2) is 9.82 Å². The van der Waals surface area contributed by atoms with Gasteiger partial charge in [0.25, 0.3) is 0 Å². The van der Waals surface area contributed by atoms with Gasteiger partial charge < -0.3 is 4.42 Å². The van der Waals surface area contributed by atoms with E-state index < -0.39 is 6.04 Å². The van der Waals surface area contributed by atoms with Gasteiger partial charge >= 0.3 is 0 Å². The summed E-state index contributed by atoms with van der Waals surface area (Å²) in [6.45, 7) is 0. The molecule has 1 aromatic carbocycles. The predicted molar refractivity (Wildman–Crippen MR) is 62.0 cm³/mol. The van der Waals surface area contributed by atoms with Gasteiger partial charge in [0.2, 0.25) is 0 Å². The maximum absolute atomic E-state index is 13.7. The monoisotopic (exact) mass is 284 g/mol. The van der Waals surface area contributed by atoms with Crippen molar-refractivity contribution in [3.05, 3.63) is 58.2 Å². The smallest absolute Gasteiger partial charge is 0.129 e. The molecule has 0 aliphatic carbocycles. The molecule has 0 amide bonds. The van der Waals surface area contributed by atoms with E-state index in [0.29, 0.717) is 15.8 Å². The molecular weight excluding hydrogens is 275 g/mol. The molecule has 1 aromatic heterocycles. The number of rotatable bonds is 3. The molecule has 0 spiro atoms. The van der Waals surface area contributed by atoms with Crippen molar-refractivity contribution in [3.63, 3.8) is 0 Å². The number of hydrogen-bond acceptors (Lipinski definition) is 3. The van der Waals surface area contributed by atoms with Crippen LogP contribution in [0.4, 0.5) is 4.39 Å². The van der Waals surface area contributed by atoms with E-state index in [1.807, 2.05) is 0 Å². The maximum Gasteiger partial charge on any atom is 0.129 e. The first-order valence-corrected chi connectivity index (χ1v) is 5.46. The lowest BCUT2D eigenvalue weighted by Gasteiger charge is -2.16. The van der Waals surface area contributed by atoms with Crippen molar-refractivity contribution in [2.24, 2.45) is 5.84 Å². The van der Waals surface area contributed by atoms with Crippen molar-refractivity contribution >= 4 is 15.9 Å². The first kappa shape index (κ1) is 11.3. The van der Waals surface area contributed by atoms with Gasteiger partial charge in [0.1, 0.15) is 17.6 Å². The molecule has 1 atom stereocenters. The molecule has 0 fully saturated rings. The molecular formula is C11H10BrFN2O. The summed E-state index contributed by atoms with van der Waals surface area (Å²) in [7, 11) is 0. The SMILES string of the molecule is NNC(c1ccco1)c1c(F)cccc1Br. The minimum atomic E-state index is -0.509. The van der Waals surface area contributed by atoms with Gasteiger partial charge in [-0.3, -0.25) is 5.84 Å². The zero-order chi connectivity index (χ0) is 11.5. The average Bonchev–Trinajstić information content (AvgIpc) is 2.77. The zero-order valence-electron chi connectivity index (χ0n) is 8.28. The molecule has 1 unspecified atom stereocenters. The van der Waals surface area contributed by atoms with Crippen LogP contribution in [-0.4, -0.2) is 0 Å². The highest BCUT2D eigenvalue weighted by atomic mass is 79.9. The van der Waals surface area contributed by atoms with Crippen LogP contribution < -0.4 is 11.3 Å². The molecule has 16 heavy (non-hydrogen) atoms. The van der Waals surface area contributed by atoms with Crippen molar-refractivity contribution in [3.8, 4) is 0 Å². The van der Waals surface area contributed by atoms with Gasteiger partial charge in [-0.15, -0.1) is 0 Å². The molecule has 3 N–H and O–H groups in total. The summed E-state index contributed by atoms with van der Waals surface area (Å²) in [5, 5.41) is 0. The van der Waals surface area contributed by atoms with E-state index in [-0.39, 0.29) is 5.82 Å². The molecule has 84 valence electrons. The topological polar surface area (TPSA) is 51.2 Å². The fourth-order valence-corrected chi connectivity index (χ4v) is 2.12. The quantitative estimate of drug-likeness (QED) is 0.673. The van der Waals surface area contributed by atoms with Gasteiger partial charge in [-0.05, 0) is 24.3 Å². The van der Waals surface area contributed by atoms with Crippen molar-refractivity contribution in [2.45, 2.75) is 6.04 Å². The standard InChI is InChI=1S/C11H10BrFN2O/c12-7-3-1-4-8(13)10(7)11(15-14)9-5-2-6-16-9/h1-6,11,15H,14H2. The van der Waals surface area contributed by atoms with E-state index in [9.17, 15) is 4.39 Å². The number of halogens is 2. The first-order chi connectivity index (χ1) is 7.74. The normalized spacial score (nSPS) is 12.7. The van der Waals surface area contributed by atoms with Crippen LogP contribution in [0.3, 0.4) is 0 Å². The number of nitrogens with one attached hydrogen (secondary N) is 1. The highest BCUT2D eigenvalue weighted by molar-refractivity contribution is 9.10. The Morgan fingerprint density at radius 3 is 2.69 bits per heavy atom. The Kier molecular flexibility index (Phi) is 3.38. The molecule has 0 aliphatic rings. The number of benzene rings is 1. The largest absolute Gasteiger partial charge is 0.467 e. The van der Waals surface area contributed by atoms with Crippen LogP contribution in [-0.2, 0) is 0 Å². The second-order valence-corrected chi connectivity index (χ2v) is 4.10. The lowest BCUT2D eigenvalue weighted by molar-refractivity contribution is 0.440. The van der Waals surface area contributed by atoms with E-state index in [1.165, 1.54) is 12.3 Å². The van der Waals surface area contributed by atoms with Gasteiger partial charge in [0, 0.05) is 10.0 Å². The first-order valence-electron chi connectivity index (χ1n) is 4.67. The highest BCUT2D eigenvalue weighted by Crippen LogP contribution is 2.30. The highest BCUT2D eigenvalue weighted by Gasteiger charge is 2.21. The molecule has 2 aromatic rings. The second-order valence-electron chi connectivity index (χ2n) is 3.25. The predicted octanol–water partition coefficient (Wildman–Crippen LogP) is 2.73. The number of nitrogens with two attached hydrogens (primary N) is 1. The Morgan fingerprint density at radius 1 is 1.31 bits per heavy atom. The fraction of sp³-hybridized carbons (Fsp3) is 0.0909. The third-order valence-electron chi connectivity index (χ3n) is 2.28. The van der Waals surface area contributed by atoms with Crippen LogP contribution in [0, 0.1) is 5.82 Å². The van der Waals surface area contributed by atoms with Gasteiger partial charge in [-0.1, -0.05) is 22.0 Å². The molecule has 0 aliphatic heterocycles. The van der Waals surface area contributed by atoms with E-state index in [4.69, 9.17) is 10.3 Å². The summed E-state index contributed by atoms with van der Waals surface area (Å²) in [5.41, 5.74) is 2.97. The summed E-state index contributed by atoms with van der Waals surface area (Å²) in [6.07, 6.45) is 1.52. The van der Waals surface area contributed by atoms with E-state index in [2.05, 4.69) is 21.4 Å². The molecule has 3 nitrogen and oxygen atoms in total. The summed E-state index contributed by atoms with van der Waals surface area (Å²) in [6, 6.07) is 7.72. The third kappa shape index (κ3) is 2.02. The fourth-order valence-electron chi connectivity index (χ4n) is 1.55. The molecule has 0 saturated heterocycles. The summed E-state index contributed by atoms with van der Waals surface area (Å²) >= 11 is 3.30. The minimum absolute atomic E-state index is 0.339. The van der Waals surface area contributed by atoms with Crippen molar-refractivity contribution < 1.29 is 8.81 Å². The molecule has 1 heterocycles. The lowest BCUT2D eigenvalue weighted by Crippen LogP contribution is -2.29. The molecule has 2 rings (SSSR count). The number of hydrazine groups is 1. The van der Waals surface area contributed by atoms with Crippen molar-refractivity contribution in [1.82, 2.24) is 5.43 Å². The van der Waals surface area contributed by atoms with Crippen molar-refractivity contribution in [2.75, 3.05) is 0 Å². The molecule has 0 saturated carbocycles. The average molecular weight is 285 g/mol. The van der Waals surface area contributed by atoms with Crippen molar-refractivity contribution in [1.29, 1.82) is 0 Å². The van der Waals surface area contributed by atoms with Crippen LogP contribution in [0.15, 0.2) is 45.5 Å². The van der Waals surface area contributed by atoms with Crippen LogP contribution in [0.5, 0.6) is 0 Å². The Hall–Kier alpha value is -1.17. The maximum atomic E-state index is 13.7. The summed E-state index contributed by atoms with van der Waals surface area (Å²) in [5.74, 6) is 5.66. The van der Waals surface area contributed by atoms with Gasteiger partial charge in [-0.2, -0.15) is 0 Å². The molecule has 0 radical (unpaired) electrons. The third-order valence-corrected chi connectivity index (χ3v) is 2.97. The summed E-state index contributed by atoms with van der Waals surface area (Å²) in [4.78, 5) is 0. The Bertz CT molecular complexity index is 453. The van der Waals surface area contributed by atoms with E-state index >= 15 is 0 Å². The lowest BCUT2D eigenvalue weighted by atomic mass is 10.0. The van der Waals surface area contributed by atoms with E-state index in [1.54, 1.807) is 24.3 Å². The number of furan rings is 1. The van der Waals surface area contributed by atoms with Crippen LogP contribution in [0.2, 0.25) is 0 Å². The van der Waals surface area contributed by atoms with Crippen LogP contribution in [0.1, 0.15) is 17.4 Å². The minimum Gasteiger partial charge on any atom is -0.467 e. The van der Waals surface area contributed by atoms with Crippen LogP contribution in [0.25, 0.3) is 0 Å². The number of hydrogen-bond donors (Lipinski definition) is 2. The van der Waals surface area contributed by atoms with E-state index in [0.717, 1.165) is 0 Å². The molecule has 0 bridgehead atoms. The molecule has 5 heteroatoms. The van der Waals surface area contributed by atoms with Crippen LogP contribution >= 0.6 is 15.9 Å². The van der Waals surface area contributed by atoms with Gasteiger partial charge in [0.05, 0.1) is 6.26 Å². The van der Waals surface area contributed by atoms with Gasteiger partial charge in [0.15, 0.2) is 0 Å². The Morgan fingerprint density at radius 2 is 2.12 bits per heavy atom. The zero-order valence-corrected chi connectivity index (χ0v) is 9.87.